The molecule has 0 unspecified atom stereocenters. The lowest BCUT2D eigenvalue weighted by Gasteiger charge is -2.13. The molecule has 2 heterocycles. The SMILES string of the molecule is CC(C)c1cncnc1NC(=O)NC(=O)c1cc(Cl)c(-c2ccccc2F)nc1Cl. The van der Waals surface area contributed by atoms with Crippen LogP contribution in [0.25, 0.3) is 11.3 Å². The average molecular weight is 448 g/mol. The van der Waals surface area contributed by atoms with Crippen molar-refractivity contribution in [3.8, 4) is 11.3 Å². The molecule has 3 amide bonds. The van der Waals surface area contributed by atoms with E-state index in [2.05, 4.69) is 25.6 Å². The Morgan fingerprint density at radius 3 is 2.60 bits per heavy atom. The second-order valence-corrected chi connectivity index (χ2v) is 7.29. The first-order valence-corrected chi connectivity index (χ1v) is 9.56. The monoisotopic (exact) mass is 447 g/mol. The fourth-order valence-corrected chi connectivity index (χ4v) is 3.12. The standard InChI is InChI=1S/C20H16Cl2FN5O2/c1-10(2)13-8-24-9-25-18(13)27-20(30)28-19(29)12-7-14(21)16(26-17(12)22)11-5-3-4-6-15(11)23/h3-10H,1-2H3,(H2,24,25,27,28,29,30). The van der Waals surface area contributed by atoms with Crippen LogP contribution in [0.1, 0.15) is 35.7 Å². The third kappa shape index (κ3) is 4.72. The van der Waals surface area contributed by atoms with Crippen molar-refractivity contribution in [1.82, 2.24) is 20.3 Å². The zero-order valence-corrected chi connectivity index (χ0v) is 17.4. The first kappa shape index (κ1) is 21.6. The van der Waals surface area contributed by atoms with E-state index in [9.17, 15) is 14.0 Å². The van der Waals surface area contributed by atoms with Crippen LogP contribution in [-0.4, -0.2) is 26.9 Å². The molecule has 3 aromatic rings. The maximum atomic E-state index is 14.0. The van der Waals surface area contributed by atoms with Gasteiger partial charge in [0.15, 0.2) is 0 Å². The molecule has 0 radical (unpaired) electrons. The highest BCUT2D eigenvalue weighted by Crippen LogP contribution is 2.31. The lowest BCUT2D eigenvalue weighted by atomic mass is 10.1. The van der Waals surface area contributed by atoms with Crippen LogP contribution in [0.4, 0.5) is 15.0 Å². The summed E-state index contributed by atoms with van der Waals surface area (Å²) < 4.78 is 14.0. The maximum Gasteiger partial charge on any atom is 0.327 e. The fraction of sp³-hybridized carbons (Fsp3) is 0.150. The van der Waals surface area contributed by atoms with Crippen LogP contribution in [0.15, 0.2) is 42.9 Å². The summed E-state index contributed by atoms with van der Waals surface area (Å²) in [5.74, 6) is -1.03. The van der Waals surface area contributed by atoms with E-state index >= 15 is 0 Å². The predicted molar refractivity (Wildman–Crippen MR) is 112 cm³/mol. The number of hydrogen-bond donors (Lipinski definition) is 2. The van der Waals surface area contributed by atoms with Crippen molar-refractivity contribution >= 4 is 41.0 Å². The predicted octanol–water partition coefficient (Wildman–Crippen LogP) is 5.07. The molecule has 0 spiro atoms. The number of carbonyl (C=O) groups excluding carboxylic acids is 2. The first-order chi connectivity index (χ1) is 14.3. The van der Waals surface area contributed by atoms with Gasteiger partial charge in [-0.25, -0.2) is 24.1 Å². The van der Waals surface area contributed by atoms with Gasteiger partial charge in [0.1, 0.15) is 23.1 Å². The lowest BCUT2D eigenvalue weighted by Crippen LogP contribution is -2.35. The van der Waals surface area contributed by atoms with Crippen LogP contribution in [0.5, 0.6) is 0 Å². The van der Waals surface area contributed by atoms with Gasteiger partial charge in [0.2, 0.25) is 0 Å². The topological polar surface area (TPSA) is 96.9 Å². The lowest BCUT2D eigenvalue weighted by molar-refractivity contribution is 0.0967. The first-order valence-electron chi connectivity index (χ1n) is 8.81. The van der Waals surface area contributed by atoms with Crippen LogP contribution in [0.3, 0.4) is 0 Å². The van der Waals surface area contributed by atoms with E-state index in [1.54, 1.807) is 12.3 Å². The number of halogens is 3. The molecule has 154 valence electrons. The third-order valence-electron chi connectivity index (χ3n) is 4.12. The largest absolute Gasteiger partial charge is 0.327 e. The van der Waals surface area contributed by atoms with Crippen LogP contribution in [0.2, 0.25) is 10.2 Å². The molecule has 0 fully saturated rings. The number of amides is 3. The normalized spacial score (nSPS) is 10.7. The van der Waals surface area contributed by atoms with E-state index < -0.39 is 17.8 Å². The van der Waals surface area contributed by atoms with E-state index in [1.807, 2.05) is 13.8 Å². The minimum atomic E-state index is -0.827. The summed E-state index contributed by atoms with van der Waals surface area (Å²) in [6, 6.07) is 6.30. The number of nitrogens with zero attached hydrogens (tertiary/aromatic N) is 3. The van der Waals surface area contributed by atoms with Crippen molar-refractivity contribution < 1.29 is 14.0 Å². The van der Waals surface area contributed by atoms with Crippen molar-refractivity contribution in [2.45, 2.75) is 19.8 Å². The molecule has 1 aromatic carbocycles. The molecule has 10 heteroatoms. The molecule has 7 nitrogen and oxygen atoms in total. The minimum Gasteiger partial charge on any atom is -0.292 e. The molecular weight excluding hydrogens is 432 g/mol. The third-order valence-corrected chi connectivity index (χ3v) is 4.70. The van der Waals surface area contributed by atoms with Crippen molar-refractivity contribution in [2.75, 3.05) is 5.32 Å². The van der Waals surface area contributed by atoms with Crippen molar-refractivity contribution in [3.63, 3.8) is 0 Å². The van der Waals surface area contributed by atoms with Crippen LogP contribution < -0.4 is 10.6 Å². The fourth-order valence-electron chi connectivity index (χ4n) is 2.64. The highest BCUT2D eigenvalue weighted by Gasteiger charge is 2.20. The number of pyridine rings is 1. The van der Waals surface area contributed by atoms with Crippen molar-refractivity contribution in [1.29, 1.82) is 0 Å². The number of benzene rings is 1. The molecule has 0 atom stereocenters. The van der Waals surface area contributed by atoms with Gasteiger partial charge in [0.25, 0.3) is 5.91 Å². The maximum absolute atomic E-state index is 14.0. The Morgan fingerprint density at radius 1 is 1.17 bits per heavy atom. The molecule has 0 aliphatic carbocycles. The van der Waals surface area contributed by atoms with E-state index in [4.69, 9.17) is 23.2 Å². The quantitative estimate of drug-likeness (QED) is 0.544. The average Bonchev–Trinajstić information content (AvgIpc) is 2.70. The smallest absolute Gasteiger partial charge is 0.292 e. The highest BCUT2D eigenvalue weighted by atomic mass is 35.5. The van der Waals surface area contributed by atoms with Crippen LogP contribution in [-0.2, 0) is 0 Å². The van der Waals surface area contributed by atoms with Gasteiger partial charge in [-0.1, -0.05) is 49.2 Å². The second kappa shape index (κ2) is 9.15. The minimum absolute atomic E-state index is 0.00736. The highest BCUT2D eigenvalue weighted by molar-refractivity contribution is 6.36. The summed E-state index contributed by atoms with van der Waals surface area (Å²) in [5.41, 5.74) is 0.795. The molecule has 0 aliphatic heterocycles. The Balaban J connectivity index is 1.80. The summed E-state index contributed by atoms with van der Waals surface area (Å²) in [7, 11) is 0. The Labute approximate surface area is 181 Å². The van der Waals surface area contributed by atoms with Gasteiger partial charge in [-0.3, -0.25) is 15.4 Å². The van der Waals surface area contributed by atoms with E-state index in [0.717, 1.165) is 0 Å². The molecule has 0 aliphatic rings. The molecule has 2 aromatic heterocycles. The number of rotatable bonds is 4. The number of anilines is 1. The Morgan fingerprint density at radius 2 is 1.90 bits per heavy atom. The van der Waals surface area contributed by atoms with Crippen LogP contribution >= 0.6 is 23.2 Å². The van der Waals surface area contributed by atoms with E-state index in [0.29, 0.717) is 5.56 Å². The van der Waals surface area contributed by atoms with E-state index in [-0.39, 0.29) is 38.7 Å². The zero-order valence-electron chi connectivity index (χ0n) is 15.9. The number of nitrogens with one attached hydrogen (secondary N) is 2. The Hall–Kier alpha value is -3.10. The van der Waals surface area contributed by atoms with Gasteiger partial charge >= 0.3 is 6.03 Å². The van der Waals surface area contributed by atoms with E-state index in [1.165, 1.54) is 30.6 Å². The van der Waals surface area contributed by atoms with Gasteiger partial charge in [-0.05, 0) is 24.1 Å². The summed E-state index contributed by atoms with van der Waals surface area (Å²) in [6.45, 7) is 3.83. The molecular formula is C20H16Cl2FN5O2. The van der Waals surface area contributed by atoms with Gasteiger partial charge in [0, 0.05) is 17.3 Å². The number of carbonyl (C=O) groups is 2. The zero-order chi connectivity index (χ0) is 21.8. The molecule has 0 saturated carbocycles. The number of imide groups is 1. The Bertz CT molecular complexity index is 1120. The number of aromatic nitrogens is 3. The summed E-state index contributed by atoms with van der Waals surface area (Å²) >= 11 is 12.3. The molecule has 0 bridgehead atoms. The van der Waals surface area contributed by atoms with Gasteiger partial charge in [-0.2, -0.15) is 0 Å². The summed E-state index contributed by atoms with van der Waals surface area (Å²) in [5, 5.41) is 4.42. The van der Waals surface area contributed by atoms with Gasteiger partial charge in [-0.15, -0.1) is 0 Å². The molecule has 2 N–H and O–H groups in total. The second-order valence-electron chi connectivity index (χ2n) is 6.53. The van der Waals surface area contributed by atoms with Crippen molar-refractivity contribution in [2.24, 2.45) is 0 Å². The van der Waals surface area contributed by atoms with Crippen molar-refractivity contribution in [3.05, 3.63) is 70.0 Å². The summed E-state index contributed by atoms with van der Waals surface area (Å²) in [4.78, 5) is 36.7. The molecule has 0 saturated heterocycles. The Kier molecular flexibility index (Phi) is 6.59. The van der Waals surface area contributed by atoms with Crippen LogP contribution in [0, 0.1) is 5.82 Å². The number of urea groups is 1. The summed E-state index contributed by atoms with van der Waals surface area (Å²) in [6.07, 6.45) is 2.86. The van der Waals surface area contributed by atoms with Gasteiger partial charge in [0.05, 0.1) is 16.3 Å². The molecule has 3 rings (SSSR count). The molecule has 30 heavy (non-hydrogen) atoms. The number of hydrogen-bond acceptors (Lipinski definition) is 5. The van der Waals surface area contributed by atoms with Gasteiger partial charge < -0.3 is 0 Å².